The third-order valence-electron chi connectivity index (χ3n) is 3.31. The van der Waals surface area contributed by atoms with E-state index in [1.54, 1.807) is 25.3 Å². The summed E-state index contributed by atoms with van der Waals surface area (Å²) in [5.74, 6) is 0.598. The maximum atomic E-state index is 12.1. The molecule has 0 aliphatic carbocycles. The van der Waals surface area contributed by atoms with Crippen LogP contribution in [0.5, 0.6) is 5.75 Å². The summed E-state index contributed by atoms with van der Waals surface area (Å²) in [6.45, 7) is 3.77. The van der Waals surface area contributed by atoms with Crippen LogP contribution < -0.4 is 15.6 Å². The summed E-state index contributed by atoms with van der Waals surface area (Å²) >= 11 is 0. The summed E-state index contributed by atoms with van der Waals surface area (Å²) in [4.78, 5) is 12.1. The van der Waals surface area contributed by atoms with Gasteiger partial charge in [-0.25, -0.2) is 5.43 Å². The van der Waals surface area contributed by atoms with Gasteiger partial charge in [-0.1, -0.05) is 42.5 Å². The number of rotatable bonds is 7. The second-order valence-electron chi connectivity index (χ2n) is 4.78. The third-order valence-corrected chi connectivity index (χ3v) is 3.31. The van der Waals surface area contributed by atoms with Gasteiger partial charge in [0.1, 0.15) is 5.75 Å². The lowest BCUT2D eigenvalue weighted by atomic mass is 10.0. The molecule has 1 atom stereocenters. The van der Waals surface area contributed by atoms with Gasteiger partial charge in [-0.3, -0.25) is 10.2 Å². The number of nitrogens with one attached hydrogen (secondary N) is 2. The van der Waals surface area contributed by atoms with Crippen molar-refractivity contribution in [1.82, 2.24) is 10.9 Å². The zero-order valence-electron chi connectivity index (χ0n) is 12.6. The van der Waals surface area contributed by atoms with Gasteiger partial charge >= 0.3 is 0 Å². The first-order valence-electron chi connectivity index (χ1n) is 7.11. The minimum absolute atomic E-state index is 0.110. The molecule has 2 N–H and O–H groups in total. The topological polar surface area (TPSA) is 50.4 Å². The molecule has 0 fully saturated rings. The Balaban J connectivity index is 2.09. The van der Waals surface area contributed by atoms with E-state index in [2.05, 4.69) is 17.4 Å². The van der Waals surface area contributed by atoms with Crippen LogP contribution in [0.2, 0.25) is 0 Å². The van der Waals surface area contributed by atoms with Crippen molar-refractivity contribution in [2.75, 3.05) is 7.11 Å². The highest BCUT2D eigenvalue weighted by molar-refractivity contribution is 5.93. The molecule has 0 saturated carbocycles. The maximum Gasteiger partial charge on any atom is 0.265 e. The van der Waals surface area contributed by atoms with Gasteiger partial charge in [0.2, 0.25) is 0 Å². The van der Waals surface area contributed by atoms with E-state index in [4.69, 9.17) is 4.74 Å². The molecule has 0 saturated heterocycles. The quantitative estimate of drug-likeness (QED) is 0.609. The smallest absolute Gasteiger partial charge is 0.265 e. The number of para-hydroxylation sites is 1. The molecule has 4 nitrogen and oxygen atoms in total. The number of hydrogen-bond donors (Lipinski definition) is 2. The first kappa shape index (κ1) is 15.8. The van der Waals surface area contributed by atoms with E-state index in [0.717, 1.165) is 11.3 Å². The molecule has 0 heterocycles. The molecule has 2 aromatic rings. The van der Waals surface area contributed by atoms with Crippen LogP contribution >= 0.6 is 0 Å². The summed E-state index contributed by atoms with van der Waals surface area (Å²) in [5.41, 5.74) is 7.38. The van der Waals surface area contributed by atoms with Crippen LogP contribution in [0.15, 0.2) is 67.3 Å². The van der Waals surface area contributed by atoms with Gasteiger partial charge in [0, 0.05) is 11.1 Å². The number of hydrogen-bond acceptors (Lipinski definition) is 3. The SMILES string of the molecule is C=CC[C@H](NNC(=O)c1ccccc1)c1ccccc1OC. The average Bonchev–Trinajstić information content (AvgIpc) is 2.59. The Hall–Kier alpha value is -2.59. The number of ether oxygens (including phenoxy) is 1. The van der Waals surface area contributed by atoms with Gasteiger partial charge in [-0.05, 0) is 24.6 Å². The van der Waals surface area contributed by atoms with E-state index in [1.807, 2.05) is 42.5 Å². The monoisotopic (exact) mass is 296 g/mol. The predicted octanol–water partition coefficient (Wildman–Crippen LogP) is 3.25. The molecule has 0 radical (unpaired) electrons. The third kappa shape index (κ3) is 3.96. The number of carbonyl (C=O) groups excluding carboxylic acids is 1. The fourth-order valence-corrected chi connectivity index (χ4v) is 2.20. The Labute approximate surface area is 130 Å². The minimum Gasteiger partial charge on any atom is -0.496 e. The highest BCUT2D eigenvalue weighted by Crippen LogP contribution is 2.26. The molecule has 0 spiro atoms. The van der Waals surface area contributed by atoms with E-state index < -0.39 is 0 Å². The molecular weight excluding hydrogens is 276 g/mol. The molecule has 114 valence electrons. The van der Waals surface area contributed by atoms with Crippen molar-refractivity contribution in [1.29, 1.82) is 0 Å². The van der Waals surface area contributed by atoms with Crippen molar-refractivity contribution in [3.8, 4) is 5.75 Å². The number of amides is 1. The van der Waals surface area contributed by atoms with Crippen LogP contribution in [0.4, 0.5) is 0 Å². The largest absolute Gasteiger partial charge is 0.496 e. The second-order valence-corrected chi connectivity index (χ2v) is 4.78. The van der Waals surface area contributed by atoms with Crippen molar-refractivity contribution >= 4 is 5.91 Å². The van der Waals surface area contributed by atoms with Crippen molar-refractivity contribution in [3.63, 3.8) is 0 Å². The van der Waals surface area contributed by atoms with Crippen LogP contribution in [0.1, 0.15) is 28.4 Å². The van der Waals surface area contributed by atoms with E-state index >= 15 is 0 Å². The lowest BCUT2D eigenvalue weighted by molar-refractivity contribution is 0.0924. The van der Waals surface area contributed by atoms with Gasteiger partial charge < -0.3 is 4.74 Å². The van der Waals surface area contributed by atoms with Gasteiger partial charge in [0.15, 0.2) is 0 Å². The number of benzene rings is 2. The van der Waals surface area contributed by atoms with E-state index in [-0.39, 0.29) is 11.9 Å². The Morgan fingerprint density at radius 2 is 1.86 bits per heavy atom. The summed E-state index contributed by atoms with van der Waals surface area (Å²) < 4.78 is 5.38. The highest BCUT2D eigenvalue weighted by Gasteiger charge is 2.15. The van der Waals surface area contributed by atoms with Gasteiger partial charge in [-0.2, -0.15) is 0 Å². The molecule has 0 bridgehead atoms. The van der Waals surface area contributed by atoms with Crippen LogP contribution in [0, 0.1) is 0 Å². The van der Waals surface area contributed by atoms with E-state index in [9.17, 15) is 4.79 Å². The standard InChI is InChI=1S/C18H20N2O2/c1-3-9-16(15-12-7-8-13-17(15)22-2)19-20-18(21)14-10-5-4-6-11-14/h3-8,10-13,16,19H,1,9H2,2H3,(H,20,21)/t16-/m0/s1. The molecule has 0 aliphatic rings. The Bertz CT molecular complexity index is 626. The zero-order chi connectivity index (χ0) is 15.8. The summed E-state index contributed by atoms with van der Waals surface area (Å²) in [7, 11) is 1.63. The Morgan fingerprint density at radius 1 is 1.18 bits per heavy atom. The average molecular weight is 296 g/mol. The van der Waals surface area contributed by atoms with Crippen LogP contribution in [-0.4, -0.2) is 13.0 Å². The van der Waals surface area contributed by atoms with Gasteiger partial charge in [0.25, 0.3) is 5.91 Å². The van der Waals surface area contributed by atoms with Crippen molar-refractivity contribution in [2.45, 2.75) is 12.5 Å². The van der Waals surface area contributed by atoms with Gasteiger partial charge in [0.05, 0.1) is 13.2 Å². The highest BCUT2D eigenvalue weighted by atomic mass is 16.5. The summed E-state index contributed by atoms with van der Waals surface area (Å²) in [6, 6.07) is 16.7. The fourth-order valence-electron chi connectivity index (χ4n) is 2.20. The molecular formula is C18H20N2O2. The number of hydrazine groups is 1. The molecule has 2 aromatic carbocycles. The minimum atomic E-state index is -0.176. The van der Waals surface area contributed by atoms with Crippen LogP contribution in [0.25, 0.3) is 0 Å². The summed E-state index contributed by atoms with van der Waals surface area (Å²) in [6.07, 6.45) is 2.47. The van der Waals surface area contributed by atoms with Crippen LogP contribution in [0.3, 0.4) is 0 Å². The molecule has 0 aliphatic heterocycles. The van der Waals surface area contributed by atoms with Crippen molar-refractivity contribution < 1.29 is 9.53 Å². The first-order chi connectivity index (χ1) is 10.8. The maximum absolute atomic E-state index is 12.1. The molecule has 1 amide bonds. The molecule has 22 heavy (non-hydrogen) atoms. The van der Waals surface area contributed by atoms with Crippen molar-refractivity contribution in [2.24, 2.45) is 0 Å². The molecule has 0 aromatic heterocycles. The summed E-state index contributed by atoms with van der Waals surface area (Å²) in [5, 5.41) is 0. The fraction of sp³-hybridized carbons (Fsp3) is 0.167. The lowest BCUT2D eigenvalue weighted by Gasteiger charge is -2.20. The zero-order valence-corrected chi connectivity index (χ0v) is 12.6. The number of carbonyl (C=O) groups is 1. The Kier molecular flexibility index (Phi) is 5.74. The molecule has 0 unspecified atom stereocenters. The Morgan fingerprint density at radius 3 is 2.55 bits per heavy atom. The van der Waals surface area contributed by atoms with E-state index in [0.29, 0.717) is 12.0 Å². The van der Waals surface area contributed by atoms with Gasteiger partial charge in [-0.15, -0.1) is 6.58 Å². The normalized spacial score (nSPS) is 11.5. The second kappa shape index (κ2) is 8.00. The van der Waals surface area contributed by atoms with E-state index in [1.165, 1.54) is 0 Å². The molecule has 2 rings (SSSR count). The first-order valence-corrected chi connectivity index (χ1v) is 7.11. The molecule has 4 heteroatoms. The lowest BCUT2D eigenvalue weighted by Crippen LogP contribution is -2.40. The predicted molar refractivity (Wildman–Crippen MR) is 87.6 cm³/mol. The van der Waals surface area contributed by atoms with Crippen molar-refractivity contribution in [3.05, 3.63) is 78.4 Å². The van der Waals surface area contributed by atoms with Crippen LogP contribution in [-0.2, 0) is 0 Å². The number of methoxy groups -OCH3 is 1.